The fourth-order valence-corrected chi connectivity index (χ4v) is 3.42. The highest BCUT2D eigenvalue weighted by atomic mass is 16.2. The average molecular weight is 397 g/mol. The highest BCUT2D eigenvalue weighted by Crippen LogP contribution is 2.17. The lowest BCUT2D eigenvalue weighted by Crippen LogP contribution is -2.35. The zero-order chi connectivity index (χ0) is 21.2. The number of para-hydroxylation sites is 2. The maximum atomic E-state index is 12.8. The van der Waals surface area contributed by atoms with E-state index in [0.29, 0.717) is 26.1 Å². The Morgan fingerprint density at radius 1 is 1.17 bits per heavy atom. The third kappa shape index (κ3) is 5.79. The third-order valence-electron chi connectivity index (χ3n) is 5.08. The topological polar surface area (TPSA) is 67.2 Å². The molecule has 0 aliphatic rings. The molecule has 2 rings (SSSR count). The van der Waals surface area contributed by atoms with E-state index in [4.69, 9.17) is 4.98 Å². The first-order chi connectivity index (χ1) is 14.0. The lowest BCUT2D eigenvalue weighted by Gasteiger charge is -2.20. The quantitative estimate of drug-likeness (QED) is 0.560. The second kappa shape index (κ2) is 11.2. The second-order valence-corrected chi connectivity index (χ2v) is 7.03. The van der Waals surface area contributed by atoms with Gasteiger partial charge in [0.05, 0.1) is 11.0 Å². The number of nitrogens with zero attached hydrogens (tertiary/aromatic N) is 3. The summed E-state index contributed by atoms with van der Waals surface area (Å²) in [5, 5.41) is 3.01. The summed E-state index contributed by atoms with van der Waals surface area (Å²) in [5.74, 6) is 0.899. The Labute approximate surface area is 173 Å². The van der Waals surface area contributed by atoms with Crippen molar-refractivity contribution >= 4 is 22.8 Å². The van der Waals surface area contributed by atoms with E-state index >= 15 is 0 Å². The predicted molar refractivity (Wildman–Crippen MR) is 117 cm³/mol. The minimum atomic E-state index is -0.0183. The summed E-state index contributed by atoms with van der Waals surface area (Å²) in [7, 11) is 0. The van der Waals surface area contributed by atoms with Gasteiger partial charge in [0.15, 0.2) is 0 Å². The number of fused-ring (bicyclic) bond motifs is 1. The molecule has 1 N–H and O–H groups in total. The van der Waals surface area contributed by atoms with Crippen LogP contribution in [0.2, 0.25) is 0 Å². The molecule has 0 aliphatic carbocycles. The van der Waals surface area contributed by atoms with Gasteiger partial charge in [-0.3, -0.25) is 9.59 Å². The van der Waals surface area contributed by atoms with Crippen molar-refractivity contribution in [2.24, 2.45) is 5.92 Å². The molecular formula is C23H32N4O2. The van der Waals surface area contributed by atoms with E-state index in [1.54, 1.807) is 17.1 Å². The van der Waals surface area contributed by atoms with Crippen LogP contribution in [0.3, 0.4) is 0 Å². The molecule has 2 amide bonds. The number of benzene rings is 1. The van der Waals surface area contributed by atoms with Crippen molar-refractivity contribution in [1.29, 1.82) is 0 Å². The van der Waals surface area contributed by atoms with Gasteiger partial charge in [0.25, 0.3) is 0 Å². The highest BCUT2D eigenvalue weighted by molar-refractivity contribution is 5.81. The third-order valence-corrected chi connectivity index (χ3v) is 5.08. The van der Waals surface area contributed by atoms with Crippen molar-refractivity contribution in [1.82, 2.24) is 19.8 Å². The van der Waals surface area contributed by atoms with Crippen LogP contribution >= 0.6 is 0 Å². The van der Waals surface area contributed by atoms with Gasteiger partial charge in [-0.05, 0) is 25.0 Å². The second-order valence-electron chi connectivity index (χ2n) is 7.03. The van der Waals surface area contributed by atoms with Gasteiger partial charge in [0.2, 0.25) is 11.8 Å². The summed E-state index contributed by atoms with van der Waals surface area (Å²) < 4.78 is 1.94. The van der Waals surface area contributed by atoms with Crippen molar-refractivity contribution in [3.8, 4) is 0 Å². The number of amides is 2. The molecule has 0 saturated heterocycles. The summed E-state index contributed by atoms with van der Waals surface area (Å²) >= 11 is 0. The van der Waals surface area contributed by atoms with Crippen LogP contribution in [0.5, 0.6) is 0 Å². The Morgan fingerprint density at radius 3 is 2.45 bits per heavy atom. The molecule has 156 valence electrons. The highest BCUT2D eigenvalue weighted by Gasteiger charge is 2.18. The molecule has 6 nitrogen and oxygen atoms in total. The molecule has 0 radical (unpaired) electrons. The Hall–Kier alpha value is -2.89. The predicted octanol–water partition coefficient (Wildman–Crippen LogP) is 3.33. The van der Waals surface area contributed by atoms with Crippen molar-refractivity contribution in [3.05, 3.63) is 55.4 Å². The van der Waals surface area contributed by atoms with Gasteiger partial charge >= 0.3 is 0 Å². The number of aromatic nitrogens is 2. The lowest BCUT2D eigenvalue weighted by molar-refractivity contribution is -0.130. The molecule has 6 heteroatoms. The molecule has 0 fully saturated rings. The summed E-state index contributed by atoms with van der Waals surface area (Å²) in [6, 6.07) is 7.78. The van der Waals surface area contributed by atoms with Crippen LogP contribution < -0.4 is 5.32 Å². The Balaban J connectivity index is 2.18. The van der Waals surface area contributed by atoms with Crippen molar-refractivity contribution in [2.45, 2.75) is 39.7 Å². The lowest BCUT2D eigenvalue weighted by atomic mass is 10.0. The molecule has 0 unspecified atom stereocenters. The molecule has 0 spiro atoms. The van der Waals surface area contributed by atoms with Gasteiger partial charge in [0, 0.05) is 32.0 Å². The molecule has 1 heterocycles. The summed E-state index contributed by atoms with van der Waals surface area (Å²) in [5.41, 5.74) is 1.76. The first kappa shape index (κ1) is 22.4. The number of hydrogen-bond donors (Lipinski definition) is 1. The maximum Gasteiger partial charge on any atom is 0.243 e. The van der Waals surface area contributed by atoms with Crippen LogP contribution in [0.1, 0.15) is 32.5 Å². The fraction of sp³-hybridized carbons (Fsp3) is 0.435. The van der Waals surface area contributed by atoms with Gasteiger partial charge in [-0.25, -0.2) is 4.98 Å². The van der Waals surface area contributed by atoms with E-state index in [9.17, 15) is 9.59 Å². The number of hydrogen-bond acceptors (Lipinski definition) is 3. The summed E-state index contributed by atoms with van der Waals surface area (Å²) in [6.07, 6.45) is 5.65. The van der Waals surface area contributed by atoms with Crippen LogP contribution in [0, 0.1) is 5.92 Å². The Kier molecular flexibility index (Phi) is 8.65. The van der Waals surface area contributed by atoms with E-state index in [1.165, 1.54) is 0 Å². The van der Waals surface area contributed by atoms with E-state index in [2.05, 4.69) is 18.5 Å². The van der Waals surface area contributed by atoms with Crippen LogP contribution in [-0.2, 0) is 22.6 Å². The monoisotopic (exact) mass is 396 g/mol. The van der Waals surface area contributed by atoms with E-state index in [0.717, 1.165) is 29.7 Å². The minimum absolute atomic E-state index is 0.0183. The SMILES string of the molecule is C=CCN(CC=C)C(=O)Cn1c(CCNC(=O)C(CC)CC)nc2ccccc21. The van der Waals surface area contributed by atoms with E-state index in [-0.39, 0.29) is 24.3 Å². The molecular weight excluding hydrogens is 364 g/mol. The number of carbonyl (C=O) groups is 2. The summed E-state index contributed by atoms with van der Waals surface area (Å²) in [6.45, 7) is 13.1. The fourth-order valence-electron chi connectivity index (χ4n) is 3.42. The molecule has 0 aliphatic heterocycles. The number of nitrogens with one attached hydrogen (secondary N) is 1. The van der Waals surface area contributed by atoms with Crippen LogP contribution in [-0.4, -0.2) is 45.9 Å². The Bertz CT molecular complexity index is 842. The van der Waals surface area contributed by atoms with Crippen LogP contribution in [0.4, 0.5) is 0 Å². The molecule has 0 atom stereocenters. The van der Waals surface area contributed by atoms with Gasteiger partial charge in [-0.2, -0.15) is 0 Å². The normalized spacial score (nSPS) is 10.9. The van der Waals surface area contributed by atoms with Crippen LogP contribution in [0.25, 0.3) is 11.0 Å². The average Bonchev–Trinajstić information content (AvgIpc) is 3.06. The van der Waals surface area contributed by atoms with Gasteiger partial charge in [-0.1, -0.05) is 38.1 Å². The zero-order valence-electron chi connectivity index (χ0n) is 17.6. The number of imidazole rings is 1. The minimum Gasteiger partial charge on any atom is -0.355 e. The van der Waals surface area contributed by atoms with Crippen molar-refractivity contribution < 1.29 is 9.59 Å². The van der Waals surface area contributed by atoms with Gasteiger partial charge in [0.1, 0.15) is 12.4 Å². The first-order valence-electron chi connectivity index (χ1n) is 10.3. The summed E-state index contributed by atoms with van der Waals surface area (Å²) in [4.78, 5) is 31.5. The molecule has 2 aromatic rings. The Morgan fingerprint density at radius 2 is 1.83 bits per heavy atom. The van der Waals surface area contributed by atoms with Crippen molar-refractivity contribution in [2.75, 3.05) is 19.6 Å². The number of rotatable bonds is 12. The van der Waals surface area contributed by atoms with Crippen LogP contribution in [0.15, 0.2) is 49.6 Å². The number of carbonyl (C=O) groups excluding carboxylic acids is 2. The van der Waals surface area contributed by atoms with Gasteiger partial charge < -0.3 is 14.8 Å². The van der Waals surface area contributed by atoms with E-state index in [1.807, 2.05) is 42.7 Å². The zero-order valence-corrected chi connectivity index (χ0v) is 17.6. The largest absolute Gasteiger partial charge is 0.355 e. The van der Waals surface area contributed by atoms with E-state index < -0.39 is 0 Å². The smallest absolute Gasteiger partial charge is 0.243 e. The van der Waals surface area contributed by atoms with Crippen molar-refractivity contribution in [3.63, 3.8) is 0 Å². The molecule has 1 aromatic carbocycles. The first-order valence-corrected chi connectivity index (χ1v) is 10.3. The standard InChI is InChI=1S/C23H32N4O2/c1-5-15-26(16-6-2)22(28)17-27-20-12-10-9-11-19(20)25-21(27)13-14-24-23(29)18(7-3)8-4/h5-6,9-12,18H,1-2,7-8,13-17H2,3-4H3,(H,24,29). The molecule has 1 aromatic heterocycles. The molecule has 0 saturated carbocycles. The van der Waals surface area contributed by atoms with Gasteiger partial charge in [-0.15, -0.1) is 13.2 Å². The molecule has 0 bridgehead atoms. The maximum absolute atomic E-state index is 12.8. The molecule has 29 heavy (non-hydrogen) atoms.